The molecule has 0 unspecified atom stereocenters. The summed E-state index contributed by atoms with van der Waals surface area (Å²) < 4.78 is 22.7. The van der Waals surface area contributed by atoms with Gasteiger partial charge in [-0.05, 0) is 60.7 Å². The van der Waals surface area contributed by atoms with E-state index in [-0.39, 0.29) is 18.5 Å². The summed E-state index contributed by atoms with van der Waals surface area (Å²) in [5.74, 6) is 1.41. The Hall–Kier alpha value is -4.10. The maximum atomic E-state index is 13.8. The topological polar surface area (TPSA) is 76.0 Å². The van der Waals surface area contributed by atoms with Crippen LogP contribution in [0, 0.1) is 0 Å². The molecular weight excluding hydrogens is 422 g/mol. The van der Waals surface area contributed by atoms with Gasteiger partial charge in [0, 0.05) is 29.2 Å². The second-order valence-electron chi connectivity index (χ2n) is 7.56. The Morgan fingerprint density at radius 3 is 2.18 bits per heavy atom. The van der Waals surface area contributed by atoms with Gasteiger partial charge < -0.3 is 18.9 Å². The lowest BCUT2D eigenvalue weighted by Gasteiger charge is -2.08. The second-order valence-corrected chi connectivity index (χ2v) is 7.56. The average Bonchev–Trinajstić information content (AvgIpc) is 3.34. The fourth-order valence-electron chi connectivity index (χ4n) is 4.22. The molecule has 5 rings (SSSR count). The summed E-state index contributed by atoms with van der Waals surface area (Å²) in [6.45, 7) is 0.117. The number of aromatic nitrogens is 1. The highest BCUT2D eigenvalue weighted by Crippen LogP contribution is 2.44. The molecule has 2 heterocycles. The minimum Gasteiger partial charge on any atom is -0.497 e. The van der Waals surface area contributed by atoms with Crippen molar-refractivity contribution >= 4 is 22.6 Å². The van der Waals surface area contributed by atoms with Gasteiger partial charge in [0.05, 0.1) is 31.0 Å². The fourth-order valence-corrected chi connectivity index (χ4v) is 4.22. The van der Waals surface area contributed by atoms with Gasteiger partial charge in [-0.3, -0.25) is 14.2 Å². The molecule has 0 N–H and O–H groups in total. The molecule has 1 aliphatic rings. The summed E-state index contributed by atoms with van der Waals surface area (Å²) in [5, 5.41) is 0.649. The number of ether oxygens (including phenoxy) is 4. The van der Waals surface area contributed by atoms with Gasteiger partial charge in [-0.1, -0.05) is 0 Å². The van der Waals surface area contributed by atoms with E-state index in [2.05, 4.69) is 0 Å². The number of carbonyl (C=O) groups excluding carboxylic acids is 2. The van der Waals surface area contributed by atoms with Crippen LogP contribution in [0.5, 0.6) is 17.2 Å². The molecule has 0 spiro atoms. The van der Waals surface area contributed by atoms with Crippen LogP contribution < -0.4 is 14.2 Å². The summed E-state index contributed by atoms with van der Waals surface area (Å²) in [4.78, 5) is 27.1. The molecule has 0 radical (unpaired) electrons. The maximum absolute atomic E-state index is 13.8. The van der Waals surface area contributed by atoms with E-state index in [4.69, 9.17) is 18.9 Å². The number of carbonyl (C=O) groups is 2. The Bertz CT molecular complexity index is 1400. The smallest absolute Gasteiger partial charge is 0.263 e. The van der Waals surface area contributed by atoms with Crippen LogP contribution in [0.1, 0.15) is 26.3 Å². The van der Waals surface area contributed by atoms with Gasteiger partial charge in [-0.2, -0.15) is 0 Å². The lowest BCUT2D eigenvalue weighted by atomic mass is 9.95. The number of hydrogen-bond donors (Lipinski definition) is 0. The normalized spacial score (nSPS) is 11.9. The van der Waals surface area contributed by atoms with E-state index < -0.39 is 0 Å². The number of rotatable bonds is 7. The lowest BCUT2D eigenvalue weighted by Crippen LogP contribution is -2.06. The summed E-state index contributed by atoms with van der Waals surface area (Å²) in [5.41, 5.74) is 3.31. The molecule has 0 saturated carbocycles. The van der Waals surface area contributed by atoms with Gasteiger partial charge in [0.2, 0.25) is 0 Å². The first-order chi connectivity index (χ1) is 16.1. The van der Waals surface area contributed by atoms with Gasteiger partial charge in [0.25, 0.3) is 5.91 Å². The van der Waals surface area contributed by atoms with Gasteiger partial charge >= 0.3 is 0 Å². The third-order valence-corrected chi connectivity index (χ3v) is 5.78. The fraction of sp³-hybridized carbons (Fsp3) is 0.154. The molecule has 33 heavy (non-hydrogen) atoms. The average molecular weight is 443 g/mol. The highest BCUT2D eigenvalue weighted by Gasteiger charge is 2.35. The van der Waals surface area contributed by atoms with Crippen LogP contribution >= 0.6 is 0 Å². The van der Waals surface area contributed by atoms with Crippen molar-refractivity contribution in [3.8, 4) is 28.5 Å². The molecule has 0 atom stereocenters. The molecule has 0 fully saturated rings. The number of nitrogens with zero attached hydrogens (tertiary/aromatic N) is 1. The van der Waals surface area contributed by atoms with Crippen molar-refractivity contribution in [1.29, 1.82) is 0 Å². The van der Waals surface area contributed by atoms with E-state index in [0.717, 1.165) is 0 Å². The Kier molecular flexibility index (Phi) is 5.11. The Morgan fingerprint density at radius 2 is 1.48 bits per heavy atom. The number of methoxy groups -OCH3 is 3. The minimum absolute atomic E-state index is 0.117. The second kappa shape index (κ2) is 8.11. The van der Waals surface area contributed by atoms with Crippen molar-refractivity contribution in [1.82, 2.24) is 4.57 Å². The van der Waals surface area contributed by atoms with Gasteiger partial charge in [0.15, 0.2) is 12.6 Å². The summed E-state index contributed by atoms with van der Waals surface area (Å²) in [7, 11) is 4.67. The molecular formula is C26H21NO6. The molecule has 1 aromatic heterocycles. The van der Waals surface area contributed by atoms with Crippen molar-refractivity contribution in [3.05, 3.63) is 77.4 Å². The Morgan fingerprint density at radius 1 is 0.818 bits per heavy atom. The maximum Gasteiger partial charge on any atom is 0.263 e. The molecule has 0 saturated heterocycles. The zero-order valence-corrected chi connectivity index (χ0v) is 18.4. The largest absolute Gasteiger partial charge is 0.497 e. The van der Waals surface area contributed by atoms with Crippen molar-refractivity contribution in [2.75, 3.05) is 28.1 Å². The van der Waals surface area contributed by atoms with Gasteiger partial charge in [-0.25, -0.2) is 0 Å². The zero-order valence-electron chi connectivity index (χ0n) is 18.4. The van der Waals surface area contributed by atoms with Crippen molar-refractivity contribution in [2.24, 2.45) is 0 Å². The predicted octanol–water partition coefficient (Wildman–Crippen LogP) is 4.54. The summed E-state index contributed by atoms with van der Waals surface area (Å²) in [6.07, 6.45) is 0. The summed E-state index contributed by atoms with van der Waals surface area (Å²) in [6, 6.07) is 17.5. The highest BCUT2D eigenvalue weighted by atomic mass is 16.7. The standard InChI is InChI=1S/C26H21NO6/c1-30-14-33-16-6-4-15(5-7-16)25(28)23-21-13-18(32-3)9-11-22(21)27-24(23)20-12-17(31-2)8-10-19(20)26(27)29/h4-13H,14H2,1-3H3. The number of fused-ring (bicyclic) bond motifs is 5. The van der Waals surface area contributed by atoms with Gasteiger partial charge in [0.1, 0.15) is 17.2 Å². The number of benzene rings is 3. The van der Waals surface area contributed by atoms with E-state index in [0.29, 0.717) is 56.1 Å². The molecule has 0 aliphatic carbocycles. The van der Waals surface area contributed by atoms with Gasteiger partial charge in [-0.15, -0.1) is 0 Å². The Balaban J connectivity index is 1.73. The number of ketones is 1. The van der Waals surface area contributed by atoms with Crippen LogP contribution in [-0.4, -0.2) is 44.4 Å². The molecule has 0 bridgehead atoms. The SMILES string of the molecule is COCOc1ccc(C(=O)c2c3n(c4ccc(OC)cc24)C(=O)c2ccc(OC)cc2-3)cc1. The van der Waals surface area contributed by atoms with Crippen molar-refractivity contribution in [3.63, 3.8) is 0 Å². The van der Waals surface area contributed by atoms with E-state index in [1.54, 1.807) is 86.6 Å². The third kappa shape index (κ3) is 3.25. The van der Waals surface area contributed by atoms with E-state index >= 15 is 0 Å². The van der Waals surface area contributed by atoms with Crippen LogP contribution in [0.4, 0.5) is 0 Å². The first kappa shape index (κ1) is 20.8. The first-order valence-corrected chi connectivity index (χ1v) is 10.3. The quantitative estimate of drug-likeness (QED) is 0.272. The van der Waals surface area contributed by atoms with Crippen LogP contribution in [-0.2, 0) is 4.74 Å². The minimum atomic E-state index is -0.205. The summed E-state index contributed by atoms with van der Waals surface area (Å²) >= 11 is 0. The predicted molar refractivity (Wildman–Crippen MR) is 123 cm³/mol. The third-order valence-electron chi connectivity index (χ3n) is 5.78. The molecule has 7 nitrogen and oxygen atoms in total. The van der Waals surface area contributed by atoms with E-state index in [9.17, 15) is 9.59 Å². The van der Waals surface area contributed by atoms with Crippen molar-refractivity contribution in [2.45, 2.75) is 0 Å². The first-order valence-electron chi connectivity index (χ1n) is 10.3. The van der Waals surface area contributed by atoms with Crippen LogP contribution in [0.2, 0.25) is 0 Å². The molecule has 3 aromatic carbocycles. The van der Waals surface area contributed by atoms with Crippen molar-refractivity contribution < 1.29 is 28.5 Å². The van der Waals surface area contributed by atoms with Crippen LogP contribution in [0.3, 0.4) is 0 Å². The number of hydrogen-bond acceptors (Lipinski definition) is 6. The highest BCUT2D eigenvalue weighted by molar-refractivity contribution is 6.26. The lowest BCUT2D eigenvalue weighted by molar-refractivity contribution is 0.0511. The molecule has 0 amide bonds. The van der Waals surface area contributed by atoms with E-state index in [1.807, 2.05) is 0 Å². The zero-order chi connectivity index (χ0) is 23.1. The monoisotopic (exact) mass is 443 g/mol. The molecule has 4 aromatic rings. The molecule has 7 heteroatoms. The van der Waals surface area contributed by atoms with Crippen LogP contribution in [0.25, 0.3) is 22.2 Å². The molecule has 1 aliphatic heterocycles. The van der Waals surface area contributed by atoms with Crippen LogP contribution in [0.15, 0.2) is 60.7 Å². The Labute approximate surface area is 190 Å². The molecule has 166 valence electrons. The van der Waals surface area contributed by atoms with E-state index in [1.165, 1.54) is 0 Å².